The third kappa shape index (κ3) is 4.10. The van der Waals surface area contributed by atoms with Crippen molar-refractivity contribution in [1.82, 2.24) is 40.0 Å². The van der Waals surface area contributed by atoms with Crippen LogP contribution in [0.1, 0.15) is 24.8 Å². The van der Waals surface area contributed by atoms with Crippen LogP contribution in [0.2, 0.25) is 0 Å². The maximum absolute atomic E-state index is 15.3. The molecule has 0 spiro atoms. The Labute approximate surface area is 218 Å². The molecule has 1 aliphatic rings. The van der Waals surface area contributed by atoms with E-state index in [1.165, 1.54) is 25.3 Å². The number of fused-ring (bicyclic) bond motifs is 2. The Morgan fingerprint density at radius 3 is 2.71 bits per heavy atom. The summed E-state index contributed by atoms with van der Waals surface area (Å²) in [5, 5.41) is 8.21. The van der Waals surface area contributed by atoms with Crippen LogP contribution in [0.25, 0.3) is 56.0 Å². The van der Waals surface area contributed by atoms with Crippen LogP contribution in [-0.4, -0.2) is 53.1 Å². The molecule has 6 heterocycles. The first-order valence-corrected chi connectivity index (χ1v) is 12.8. The number of likely N-dealkylation sites (tertiary alicyclic amines) is 1. The first kappa shape index (κ1) is 22.7. The van der Waals surface area contributed by atoms with Gasteiger partial charge in [-0.15, -0.1) is 0 Å². The van der Waals surface area contributed by atoms with Crippen LogP contribution >= 0.6 is 0 Å². The maximum Gasteiger partial charge on any atom is 0.178 e. The SMILES string of the molecule is Fc1cc2[nH]nc(-c3nc4nccc(-c5ccccn5)c4[nH]3)c2cc1-c1cncc(CN2CCCCC2)c1. The van der Waals surface area contributed by atoms with E-state index in [0.29, 0.717) is 28.2 Å². The average Bonchev–Trinajstić information content (AvgIpc) is 3.57. The minimum atomic E-state index is -0.326. The Morgan fingerprint density at radius 2 is 1.84 bits per heavy atom. The van der Waals surface area contributed by atoms with Gasteiger partial charge in [-0.1, -0.05) is 12.5 Å². The molecule has 5 aromatic heterocycles. The molecule has 8 nitrogen and oxygen atoms in total. The van der Waals surface area contributed by atoms with Crippen molar-refractivity contribution >= 4 is 22.1 Å². The Morgan fingerprint density at radius 1 is 0.921 bits per heavy atom. The lowest BCUT2D eigenvalue weighted by molar-refractivity contribution is 0.220. The third-order valence-electron chi connectivity index (χ3n) is 7.17. The number of hydrogen-bond acceptors (Lipinski definition) is 6. The van der Waals surface area contributed by atoms with E-state index in [0.717, 1.165) is 52.9 Å². The Balaban J connectivity index is 1.29. The number of nitrogens with zero attached hydrogens (tertiary/aromatic N) is 6. The molecule has 0 radical (unpaired) electrons. The molecule has 1 saturated heterocycles. The van der Waals surface area contributed by atoms with Crippen molar-refractivity contribution in [3.8, 4) is 33.9 Å². The molecule has 0 bridgehead atoms. The Kier molecular flexibility index (Phi) is 5.62. The number of H-pyrrole nitrogens is 2. The van der Waals surface area contributed by atoms with Crippen molar-refractivity contribution < 1.29 is 4.39 Å². The molecule has 0 atom stereocenters. The first-order valence-electron chi connectivity index (χ1n) is 12.8. The molecule has 0 aliphatic carbocycles. The summed E-state index contributed by atoms with van der Waals surface area (Å²) < 4.78 is 15.3. The number of aromatic nitrogens is 7. The van der Waals surface area contributed by atoms with Gasteiger partial charge < -0.3 is 4.98 Å². The highest BCUT2D eigenvalue weighted by Gasteiger charge is 2.19. The third-order valence-corrected chi connectivity index (χ3v) is 7.17. The number of pyridine rings is 3. The lowest BCUT2D eigenvalue weighted by Crippen LogP contribution is -2.29. The van der Waals surface area contributed by atoms with E-state index in [-0.39, 0.29) is 5.82 Å². The molecule has 1 aromatic carbocycles. The van der Waals surface area contributed by atoms with Gasteiger partial charge in [-0.2, -0.15) is 5.10 Å². The molecule has 6 aromatic rings. The number of benzene rings is 1. The number of aromatic amines is 2. The molecule has 0 saturated carbocycles. The molecule has 9 heteroatoms. The molecule has 0 amide bonds. The van der Waals surface area contributed by atoms with Crippen molar-refractivity contribution in [2.75, 3.05) is 13.1 Å². The zero-order valence-electron chi connectivity index (χ0n) is 20.7. The van der Waals surface area contributed by atoms with E-state index in [2.05, 4.69) is 35.0 Å². The largest absolute Gasteiger partial charge is 0.335 e. The second-order valence-corrected chi connectivity index (χ2v) is 9.73. The van der Waals surface area contributed by atoms with Crippen LogP contribution in [0.5, 0.6) is 0 Å². The molecule has 188 valence electrons. The molecular formula is C29H25FN8. The number of piperidine rings is 1. The highest BCUT2D eigenvalue weighted by Crippen LogP contribution is 2.33. The average molecular weight is 505 g/mol. The fourth-order valence-corrected chi connectivity index (χ4v) is 5.30. The molecule has 7 rings (SSSR count). The smallest absolute Gasteiger partial charge is 0.178 e. The van der Waals surface area contributed by atoms with Gasteiger partial charge in [-0.3, -0.25) is 20.0 Å². The summed E-state index contributed by atoms with van der Waals surface area (Å²) >= 11 is 0. The topological polar surface area (TPSA) is 99.3 Å². The van der Waals surface area contributed by atoms with Gasteiger partial charge in [0.1, 0.15) is 11.5 Å². The standard InChI is InChI=1S/C29H25FN8/c30-23-14-25-22(13-21(23)19-12-18(15-31-16-19)17-38-10-4-1-5-11-38)27(37-36-25)29-34-26-20(7-9-33-28(26)35-29)24-6-2-3-8-32-24/h2-3,6-9,12-16H,1,4-5,10-11,17H2,(H,36,37)(H,33,34,35). The van der Waals surface area contributed by atoms with E-state index >= 15 is 4.39 Å². The van der Waals surface area contributed by atoms with Gasteiger partial charge in [0, 0.05) is 59.5 Å². The van der Waals surface area contributed by atoms with E-state index in [9.17, 15) is 0 Å². The summed E-state index contributed by atoms with van der Waals surface area (Å²) in [7, 11) is 0. The molecular weight excluding hydrogens is 479 g/mol. The Hall–Kier alpha value is -4.50. The minimum Gasteiger partial charge on any atom is -0.335 e. The van der Waals surface area contributed by atoms with Crippen molar-refractivity contribution in [2.45, 2.75) is 25.8 Å². The lowest BCUT2D eigenvalue weighted by atomic mass is 10.0. The molecule has 1 fully saturated rings. The van der Waals surface area contributed by atoms with Gasteiger partial charge in [0.15, 0.2) is 11.5 Å². The van der Waals surface area contributed by atoms with Crippen molar-refractivity contribution in [2.24, 2.45) is 0 Å². The molecule has 38 heavy (non-hydrogen) atoms. The van der Waals surface area contributed by atoms with E-state index in [1.807, 2.05) is 42.6 Å². The summed E-state index contributed by atoms with van der Waals surface area (Å²) in [6.45, 7) is 3.01. The van der Waals surface area contributed by atoms with E-state index in [4.69, 9.17) is 4.98 Å². The fourth-order valence-electron chi connectivity index (χ4n) is 5.30. The summed E-state index contributed by atoms with van der Waals surface area (Å²) in [5.41, 5.74) is 6.57. The number of nitrogens with one attached hydrogen (secondary N) is 2. The van der Waals surface area contributed by atoms with Crippen LogP contribution in [0.15, 0.2) is 67.3 Å². The molecule has 2 N–H and O–H groups in total. The predicted octanol–water partition coefficient (Wildman–Crippen LogP) is 5.75. The zero-order valence-corrected chi connectivity index (χ0v) is 20.7. The van der Waals surface area contributed by atoms with Crippen LogP contribution in [-0.2, 0) is 6.54 Å². The summed E-state index contributed by atoms with van der Waals surface area (Å²) in [4.78, 5) is 23.9. The van der Waals surface area contributed by atoms with Crippen LogP contribution in [0.4, 0.5) is 4.39 Å². The second kappa shape index (κ2) is 9.42. The van der Waals surface area contributed by atoms with Crippen LogP contribution in [0.3, 0.4) is 0 Å². The van der Waals surface area contributed by atoms with Gasteiger partial charge in [-0.25, -0.2) is 14.4 Å². The maximum atomic E-state index is 15.3. The van der Waals surface area contributed by atoms with Gasteiger partial charge in [-0.05, 0) is 61.8 Å². The monoisotopic (exact) mass is 504 g/mol. The van der Waals surface area contributed by atoms with Gasteiger partial charge in [0.2, 0.25) is 0 Å². The van der Waals surface area contributed by atoms with Crippen molar-refractivity contribution in [1.29, 1.82) is 0 Å². The fraction of sp³-hybridized carbons (Fsp3) is 0.207. The minimum absolute atomic E-state index is 0.326. The quantitative estimate of drug-likeness (QED) is 0.310. The number of rotatable bonds is 5. The second-order valence-electron chi connectivity index (χ2n) is 9.73. The highest BCUT2D eigenvalue weighted by molar-refractivity contribution is 5.97. The number of hydrogen-bond donors (Lipinski definition) is 2. The van der Waals surface area contributed by atoms with Crippen molar-refractivity contribution in [3.63, 3.8) is 0 Å². The van der Waals surface area contributed by atoms with E-state index < -0.39 is 0 Å². The predicted molar refractivity (Wildman–Crippen MR) is 145 cm³/mol. The zero-order chi connectivity index (χ0) is 25.5. The van der Waals surface area contributed by atoms with Crippen LogP contribution < -0.4 is 0 Å². The summed E-state index contributed by atoms with van der Waals surface area (Å²) in [6.07, 6.45) is 10.8. The molecule has 0 unspecified atom stereocenters. The normalized spacial score (nSPS) is 14.4. The van der Waals surface area contributed by atoms with E-state index in [1.54, 1.807) is 18.6 Å². The van der Waals surface area contributed by atoms with Crippen molar-refractivity contribution in [3.05, 3.63) is 78.6 Å². The first-order chi connectivity index (χ1) is 18.7. The number of halogens is 1. The highest BCUT2D eigenvalue weighted by atomic mass is 19.1. The summed E-state index contributed by atoms with van der Waals surface area (Å²) in [6, 6.07) is 13.0. The van der Waals surface area contributed by atoms with Gasteiger partial charge in [0.05, 0.1) is 16.7 Å². The van der Waals surface area contributed by atoms with Gasteiger partial charge in [0.25, 0.3) is 0 Å². The summed E-state index contributed by atoms with van der Waals surface area (Å²) in [5.74, 6) is 0.227. The Bertz CT molecular complexity index is 1750. The number of imidazole rings is 1. The van der Waals surface area contributed by atoms with Gasteiger partial charge >= 0.3 is 0 Å². The molecule has 1 aliphatic heterocycles. The lowest BCUT2D eigenvalue weighted by Gasteiger charge is -2.26. The van der Waals surface area contributed by atoms with Crippen LogP contribution in [0, 0.1) is 5.82 Å².